The molecule has 1 atom stereocenters. The fraction of sp³-hybridized carbons (Fsp3) is 0.455. The Bertz CT molecular complexity index is 262. The lowest BCUT2D eigenvalue weighted by Crippen LogP contribution is -2.19. The number of benzene rings is 1. The van der Waals surface area contributed by atoms with Gasteiger partial charge in [0, 0.05) is 6.54 Å². The third-order valence-electron chi connectivity index (χ3n) is 2.34. The molecule has 1 aliphatic heterocycles. The summed E-state index contributed by atoms with van der Waals surface area (Å²) in [5.74, 6) is 0.985. The molecular weight excluding hydrogens is 162 g/mol. The van der Waals surface area contributed by atoms with E-state index in [1.807, 2.05) is 12.1 Å². The van der Waals surface area contributed by atoms with Crippen molar-refractivity contribution in [3.63, 3.8) is 0 Å². The number of hydrogen-bond acceptors (Lipinski definition) is 2. The predicted molar refractivity (Wildman–Crippen MR) is 53.1 cm³/mol. The molecule has 1 fully saturated rings. The molecule has 1 saturated heterocycles. The zero-order valence-electron chi connectivity index (χ0n) is 7.92. The molecule has 0 saturated carbocycles. The minimum atomic E-state index is 0.364. The Hall–Kier alpha value is -1.02. The van der Waals surface area contributed by atoms with Gasteiger partial charge in [-0.2, -0.15) is 0 Å². The van der Waals surface area contributed by atoms with Crippen molar-refractivity contribution in [2.75, 3.05) is 13.1 Å². The molecule has 70 valence electrons. The quantitative estimate of drug-likeness (QED) is 0.743. The zero-order valence-corrected chi connectivity index (χ0v) is 7.92. The summed E-state index contributed by atoms with van der Waals surface area (Å²) in [5, 5.41) is 3.28. The molecule has 0 unspecified atom stereocenters. The van der Waals surface area contributed by atoms with Crippen molar-refractivity contribution in [1.82, 2.24) is 5.32 Å². The Balaban J connectivity index is 1.97. The molecule has 0 aromatic heterocycles. The average Bonchev–Trinajstić information content (AvgIpc) is 2.62. The second-order valence-corrected chi connectivity index (χ2v) is 3.55. The van der Waals surface area contributed by atoms with Crippen LogP contribution in [0.5, 0.6) is 5.75 Å². The molecular formula is C11H15NO. The van der Waals surface area contributed by atoms with E-state index in [-0.39, 0.29) is 0 Å². The van der Waals surface area contributed by atoms with Crippen molar-refractivity contribution in [3.8, 4) is 5.75 Å². The lowest BCUT2D eigenvalue weighted by atomic mass is 10.2. The van der Waals surface area contributed by atoms with Gasteiger partial charge in [0.1, 0.15) is 11.9 Å². The summed E-state index contributed by atoms with van der Waals surface area (Å²) in [6.45, 7) is 4.14. The highest BCUT2D eigenvalue weighted by atomic mass is 16.5. The van der Waals surface area contributed by atoms with Gasteiger partial charge in [-0.3, -0.25) is 0 Å². The highest BCUT2D eigenvalue weighted by Crippen LogP contribution is 2.15. The minimum Gasteiger partial charge on any atom is -0.489 e. The normalized spacial score (nSPS) is 21.8. The van der Waals surface area contributed by atoms with Crippen LogP contribution in [0.2, 0.25) is 0 Å². The summed E-state index contributed by atoms with van der Waals surface area (Å²) in [7, 11) is 0. The molecule has 2 nitrogen and oxygen atoms in total. The monoisotopic (exact) mass is 177 g/mol. The Morgan fingerprint density at radius 1 is 1.31 bits per heavy atom. The van der Waals surface area contributed by atoms with Crippen molar-refractivity contribution in [2.24, 2.45) is 0 Å². The fourth-order valence-electron chi connectivity index (χ4n) is 1.54. The molecule has 1 aliphatic rings. The van der Waals surface area contributed by atoms with E-state index < -0.39 is 0 Å². The maximum absolute atomic E-state index is 5.77. The second kappa shape index (κ2) is 3.79. The van der Waals surface area contributed by atoms with E-state index in [0.29, 0.717) is 6.10 Å². The van der Waals surface area contributed by atoms with E-state index in [9.17, 15) is 0 Å². The first-order valence-corrected chi connectivity index (χ1v) is 4.78. The molecule has 1 heterocycles. The molecule has 0 spiro atoms. The molecule has 1 aromatic carbocycles. The van der Waals surface area contributed by atoms with Gasteiger partial charge in [0.2, 0.25) is 0 Å². The standard InChI is InChI=1S/C11H15NO/c1-9-2-4-10(5-3-9)13-11-6-7-12-8-11/h2-5,11-12H,6-8H2,1H3/t11-/m1/s1. The van der Waals surface area contributed by atoms with Crippen LogP contribution in [0.3, 0.4) is 0 Å². The van der Waals surface area contributed by atoms with Crippen molar-refractivity contribution in [1.29, 1.82) is 0 Å². The molecule has 2 heteroatoms. The smallest absolute Gasteiger partial charge is 0.119 e. The summed E-state index contributed by atoms with van der Waals surface area (Å²) in [6.07, 6.45) is 1.48. The molecule has 0 radical (unpaired) electrons. The minimum absolute atomic E-state index is 0.364. The maximum Gasteiger partial charge on any atom is 0.119 e. The molecule has 2 rings (SSSR count). The van der Waals surface area contributed by atoms with Gasteiger partial charge in [0.15, 0.2) is 0 Å². The zero-order chi connectivity index (χ0) is 9.10. The van der Waals surface area contributed by atoms with Gasteiger partial charge >= 0.3 is 0 Å². The van der Waals surface area contributed by atoms with E-state index in [2.05, 4.69) is 24.4 Å². The molecule has 0 bridgehead atoms. The van der Waals surface area contributed by atoms with E-state index >= 15 is 0 Å². The summed E-state index contributed by atoms with van der Waals surface area (Å²) in [4.78, 5) is 0. The van der Waals surface area contributed by atoms with Gasteiger partial charge in [-0.05, 0) is 32.0 Å². The first-order valence-electron chi connectivity index (χ1n) is 4.78. The number of hydrogen-bond donors (Lipinski definition) is 1. The van der Waals surface area contributed by atoms with E-state index in [1.165, 1.54) is 5.56 Å². The third kappa shape index (κ3) is 2.22. The lowest BCUT2D eigenvalue weighted by molar-refractivity contribution is 0.223. The molecule has 0 amide bonds. The van der Waals surface area contributed by atoms with Crippen LogP contribution in [0.25, 0.3) is 0 Å². The molecule has 1 N–H and O–H groups in total. The topological polar surface area (TPSA) is 21.3 Å². The van der Waals surface area contributed by atoms with E-state index in [1.54, 1.807) is 0 Å². The molecule has 1 aromatic rings. The summed E-state index contributed by atoms with van der Waals surface area (Å²) in [5.41, 5.74) is 1.27. The Morgan fingerprint density at radius 3 is 2.69 bits per heavy atom. The van der Waals surface area contributed by atoms with Crippen molar-refractivity contribution in [3.05, 3.63) is 29.8 Å². The molecule has 0 aliphatic carbocycles. The summed E-state index contributed by atoms with van der Waals surface area (Å²) in [6, 6.07) is 8.23. The number of aryl methyl sites for hydroxylation is 1. The van der Waals surface area contributed by atoms with Gasteiger partial charge in [-0.1, -0.05) is 17.7 Å². The van der Waals surface area contributed by atoms with Crippen LogP contribution in [0.1, 0.15) is 12.0 Å². The Labute approximate surface area is 78.9 Å². The van der Waals surface area contributed by atoms with Gasteiger partial charge in [-0.15, -0.1) is 0 Å². The van der Waals surface area contributed by atoms with Gasteiger partial charge in [-0.25, -0.2) is 0 Å². The Kier molecular flexibility index (Phi) is 2.50. The Morgan fingerprint density at radius 2 is 2.08 bits per heavy atom. The first kappa shape index (κ1) is 8.57. The van der Waals surface area contributed by atoms with Crippen molar-refractivity contribution in [2.45, 2.75) is 19.4 Å². The van der Waals surface area contributed by atoms with Crippen LogP contribution in [-0.2, 0) is 0 Å². The number of rotatable bonds is 2. The highest BCUT2D eigenvalue weighted by Gasteiger charge is 2.15. The fourth-order valence-corrected chi connectivity index (χ4v) is 1.54. The largest absolute Gasteiger partial charge is 0.489 e. The van der Waals surface area contributed by atoms with Gasteiger partial charge in [0.05, 0.1) is 0 Å². The van der Waals surface area contributed by atoms with Crippen LogP contribution in [0, 0.1) is 6.92 Å². The third-order valence-corrected chi connectivity index (χ3v) is 2.34. The average molecular weight is 177 g/mol. The highest BCUT2D eigenvalue weighted by molar-refractivity contribution is 5.26. The van der Waals surface area contributed by atoms with E-state index in [0.717, 1.165) is 25.3 Å². The van der Waals surface area contributed by atoms with Crippen LogP contribution in [0.15, 0.2) is 24.3 Å². The van der Waals surface area contributed by atoms with Crippen molar-refractivity contribution < 1.29 is 4.74 Å². The first-order chi connectivity index (χ1) is 6.34. The van der Waals surface area contributed by atoms with Gasteiger partial charge in [0.25, 0.3) is 0 Å². The lowest BCUT2D eigenvalue weighted by Gasteiger charge is -2.12. The van der Waals surface area contributed by atoms with Crippen LogP contribution < -0.4 is 10.1 Å². The predicted octanol–water partition coefficient (Wildman–Crippen LogP) is 1.74. The summed E-state index contributed by atoms with van der Waals surface area (Å²) < 4.78 is 5.77. The van der Waals surface area contributed by atoms with Crippen LogP contribution >= 0.6 is 0 Å². The second-order valence-electron chi connectivity index (χ2n) is 3.55. The molecule has 13 heavy (non-hydrogen) atoms. The van der Waals surface area contributed by atoms with Gasteiger partial charge < -0.3 is 10.1 Å². The van der Waals surface area contributed by atoms with Crippen LogP contribution in [0.4, 0.5) is 0 Å². The SMILES string of the molecule is Cc1ccc(O[C@@H]2CCNC2)cc1. The number of ether oxygens (including phenoxy) is 1. The summed E-state index contributed by atoms with van der Waals surface area (Å²) >= 11 is 0. The van der Waals surface area contributed by atoms with Crippen LogP contribution in [-0.4, -0.2) is 19.2 Å². The van der Waals surface area contributed by atoms with Crippen molar-refractivity contribution >= 4 is 0 Å². The van der Waals surface area contributed by atoms with E-state index in [4.69, 9.17) is 4.74 Å². The maximum atomic E-state index is 5.77. The number of nitrogens with one attached hydrogen (secondary N) is 1.